The molecule has 2 aromatic rings. The Bertz CT molecular complexity index is 444. The summed E-state index contributed by atoms with van der Waals surface area (Å²) < 4.78 is 18.1. The van der Waals surface area contributed by atoms with E-state index in [1.165, 1.54) is 6.07 Å². The van der Waals surface area contributed by atoms with E-state index in [0.29, 0.717) is 16.8 Å². The van der Waals surface area contributed by atoms with Crippen molar-refractivity contribution in [1.29, 1.82) is 0 Å². The van der Waals surface area contributed by atoms with Gasteiger partial charge in [0.05, 0.1) is 10.9 Å². The van der Waals surface area contributed by atoms with Crippen molar-refractivity contribution in [1.82, 2.24) is 10.1 Å². The molecule has 0 fully saturated rings. The fraction of sp³-hybridized carbons (Fsp3) is 0.111. The number of hydrogen-bond acceptors (Lipinski definition) is 3. The van der Waals surface area contributed by atoms with Crippen molar-refractivity contribution in [3.63, 3.8) is 0 Å². The zero-order valence-electron chi connectivity index (χ0n) is 7.08. The van der Waals surface area contributed by atoms with Gasteiger partial charge in [-0.15, -0.1) is 0 Å². The fourth-order valence-corrected chi connectivity index (χ4v) is 1.29. The van der Waals surface area contributed by atoms with Crippen LogP contribution in [-0.4, -0.2) is 10.1 Å². The maximum Gasteiger partial charge on any atom is 0.237 e. The van der Waals surface area contributed by atoms with E-state index in [9.17, 15) is 4.39 Å². The van der Waals surface area contributed by atoms with Crippen molar-refractivity contribution in [2.24, 2.45) is 0 Å². The Hall–Kier alpha value is -1.23. The van der Waals surface area contributed by atoms with Crippen molar-refractivity contribution in [2.45, 2.75) is 5.33 Å². The number of hydrogen-bond donors (Lipinski definition) is 0. The van der Waals surface area contributed by atoms with Gasteiger partial charge in [0.1, 0.15) is 5.82 Å². The second kappa shape index (κ2) is 3.88. The summed E-state index contributed by atoms with van der Waals surface area (Å²) in [6.45, 7) is 0. The van der Waals surface area contributed by atoms with E-state index in [1.807, 2.05) is 0 Å². The van der Waals surface area contributed by atoms with Crippen molar-refractivity contribution < 1.29 is 8.91 Å². The average molecular weight is 257 g/mol. The van der Waals surface area contributed by atoms with Crippen LogP contribution < -0.4 is 0 Å². The first-order valence-electron chi connectivity index (χ1n) is 3.94. The van der Waals surface area contributed by atoms with E-state index in [2.05, 4.69) is 26.1 Å². The third-order valence-corrected chi connectivity index (χ3v) is 2.18. The van der Waals surface area contributed by atoms with Crippen LogP contribution in [0.25, 0.3) is 11.4 Å². The Kier molecular flexibility index (Phi) is 2.58. The summed E-state index contributed by atoms with van der Waals surface area (Å²) in [5.74, 6) is 0.357. The molecule has 0 radical (unpaired) electrons. The third kappa shape index (κ3) is 1.68. The molecular formula is C9H6BrFN2O. The van der Waals surface area contributed by atoms with Crippen LogP contribution in [-0.2, 0) is 5.33 Å². The predicted molar refractivity (Wildman–Crippen MR) is 52.3 cm³/mol. The van der Waals surface area contributed by atoms with Crippen LogP contribution in [0, 0.1) is 5.82 Å². The molecule has 72 valence electrons. The molecule has 1 aromatic heterocycles. The van der Waals surface area contributed by atoms with E-state index >= 15 is 0 Å². The molecule has 0 N–H and O–H groups in total. The molecule has 1 aromatic carbocycles. The normalized spacial score (nSPS) is 10.4. The summed E-state index contributed by atoms with van der Waals surface area (Å²) in [4.78, 5) is 4.00. The molecule has 5 heteroatoms. The smallest absolute Gasteiger partial charge is 0.237 e. The van der Waals surface area contributed by atoms with E-state index < -0.39 is 0 Å². The zero-order valence-corrected chi connectivity index (χ0v) is 8.66. The lowest BCUT2D eigenvalue weighted by Gasteiger charge is -1.94. The molecule has 0 saturated heterocycles. The molecule has 1 heterocycles. The van der Waals surface area contributed by atoms with Crippen LogP contribution in [0.2, 0.25) is 0 Å². The second-order valence-corrected chi connectivity index (χ2v) is 3.19. The van der Waals surface area contributed by atoms with Gasteiger partial charge in [-0.3, -0.25) is 0 Å². The SMILES string of the molecule is Fc1ccccc1-c1noc(CBr)n1. The first-order chi connectivity index (χ1) is 6.81. The monoisotopic (exact) mass is 256 g/mol. The molecule has 0 aliphatic rings. The molecular weight excluding hydrogens is 251 g/mol. The molecule has 0 aliphatic heterocycles. The van der Waals surface area contributed by atoms with Crippen LogP contribution in [0.1, 0.15) is 5.89 Å². The Labute approximate surface area is 88.1 Å². The largest absolute Gasteiger partial charge is 0.338 e. The Balaban J connectivity index is 2.44. The average Bonchev–Trinajstić information content (AvgIpc) is 2.67. The Morgan fingerprint density at radius 2 is 2.14 bits per heavy atom. The summed E-state index contributed by atoms with van der Waals surface area (Å²) >= 11 is 3.17. The van der Waals surface area contributed by atoms with Crippen LogP contribution in [0.4, 0.5) is 4.39 Å². The van der Waals surface area contributed by atoms with Gasteiger partial charge >= 0.3 is 0 Å². The highest BCUT2D eigenvalue weighted by Crippen LogP contribution is 2.19. The standard InChI is InChI=1S/C9H6BrFN2O/c10-5-8-12-9(13-14-8)6-3-1-2-4-7(6)11/h1-4H,5H2. The van der Waals surface area contributed by atoms with E-state index in [1.54, 1.807) is 18.2 Å². The van der Waals surface area contributed by atoms with Gasteiger partial charge < -0.3 is 4.52 Å². The molecule has 3 nitrogen and oxygen atoms in total. The zero-order chi connectivity index (χ0) is 9.97. The highest BCUT2D eigenvalue weighted by molar-refractivity contribution is 9.08. The minimum atomic E-state index is -0.352. The highest BCUT2D eigenvalue weighted by Gasteiger charge is 2.10. The minimum absolute atomic E-state index is 0.276. The van der Waals surface area contributed by atoms with E-state index in [0.717, 1.165) is 0 Å². The van der Waals surface area contributed by atoms with Gasteiger partial charge in [0.25, 0.3) is 0 Å². The summed E-state index contributed by atoms with van der Waals surface area (Å²) in [5.41, 5.74) is 0.350. The number of benzene rings is 1. The minimum Gasteiger partial charge on any atom is -0.338 e. The maximum absolute atomic E-state index is 13.3. The first-order valence-corrected chi connectivity index (χ1v) is 5.07. The molecule has 0 spiro atoms. The molecule has 0 saturated carbocycles. The van der Waals surface area contributed by atoms with Gasteiger partial charge in [-0.05, 0) is 12.1 Å². The first kappa shape index (κ1) is 9.33. The lowest BCUT2D eigenvalue weighted by molar-refractivity contribution is 0.392. The summed E-state index contributed by atoms with van der Waals surface area (Å²) in [7, 11) is 0. The number of nitrogens with zero attached hydrogens (tertiary/aromatic N) is 2. The van der Waals surface area contributed by atoms with Crippen molar-refractivity contribution in [3.05, 3.63) is 36.0 Å². The number of rotatable bonds is 2. The van der Waals surface area contributed by atoms with Gasteiger partial charge in [-0.2, -0.15) is 4.98 Å². The van der Waals surface area contributed by atoms with E-state index in [-0.39, 0.29) is 11.6 Å². The van der Waals surface area contributed by atoms with Crippen molar-refractivity contribution >= 4 is 15.9 Å². The van der Waals surface area contributed by atoms with Crippen LogP contribution in [0.15, 0.2) is 28.8 Å². The third-order valence-electron chi connectivity index (χ3n) is 1.70. The fourth-order valence-electron chi connectivity index (χ4n) is 1.06. The van der Waals surface area contributed by atoms with Crippen molar-refractivity contribution in [2.75, 3.05) is 0 Å². The number of halogens is 2. The molecule has 0 amide bonds. The van der Waals surface area contributed by atoms with Gasteiger partial charge in [-0.1, -0.05) is 33.2 Å². The molecule has 2 rings (SSSR count). The highest BCUT2D eigenvalue weighted by atomic mass is 79.9. The van der Waals surface area contributed by atoms with Gasteiger partial charge in [0.2, 0.25) is 11.7 Å². The Morgan fingerprint density at radius 1 is 1.36 bits per heavy atom. The molecule has 0 aliphatic carbocycles. The molecule has 14 heavy (non-hydrogen) atoms. The summed E-state index contributed by atoms with van der Waals surface area (Å²) in [5, 5.41) is 4.13. The topological polar surface area (TPSA) is 38.9 Å². The Morgan fingerprint density at radius 3 is 2.79 bits per heavy atom. The lowest BCUT2D eigenvalue weighted by atomic mass is 10.2. The van der Waals surface area contributed by atoms with Crippen LogP contribution in [0.5, 0.6) is 0 Å². The van der Waals surface area contributed by atoms with Crippen LogP contribution >= 0.6 is 15.9 Å². The summed E-state index contributed by atoms with van der Waals surface area (Å²) in [6.07, 6.45) is 0. The summed E-state index contributed by atoms with van der Waals surface area (Å²) in [6, 6.07) is 6.31. The van der Waals surface area contributed by atoms with Gasteiger partial charge in [0.15, 0.2) is 0 Å². The van der Waals surface area contributed by atoms with E-state index in [4.69, 9.17) is 4.52 Å². The van der Waals surface area contributed by atoms with Crippen LogP contribution in [0.3, 0.4) is 0 Å². The van der Waals surface area contributed by atoms with Gasteiger partial charge in [0, 0.05) is 0 Å². The number of alkyl halides is 1. The quantitative estimate of drug-likeness (QED) is 0.776. The predicted octanol–water partition coefficient (Wildman–Crippen LogP) is 2.77. The lowest BCUT2D eigenvalue weighted by Crippen LogP contribution is -1.85. The number of aromatic nitrogens is 2. The molecule has 0 bridgehead atoms. The van der Waals surface area contributed by atoms with Gasteiger partial charge in [-0.25, -0.2) is 4.39 Å². The maximum atomic E-state index is 13.3. The molecule has 0 atom stereocenters. The van der Waals surface area contributed by atoms with Crippen molar-refractivity contribution in [3.8, 4) is 11.4 Å². The molecule has 0 unspecified atom stereocenters. The second-order valence-electron chi connectivity index (χ2n) is 2.63.